The van der Waals surface area contributed by atoms with Gasteiger partial charge in [-0.2, -0.15) is 0 Å². The Morgan fingerprint density at radius 3 is 2.48 bits per heavy atom. The number of halogens is 1. The van der Waals surface area contributed by atoms with Crippen LogP contribution in [0.25, 0.3) is 0 Å². The number of aliphatic carboxylic acids is 2. The number of nitrogens with one attached hydrogen (secondary N) is 1. The number of carbonyl (C=O) groups excluding carboxylic acids is 1. The standard InChI is InChI=1S/C11H14ClN.C5H6O5/c1-11(12)8-13-7-6-9-4-2-3-5-10(9)11;6-3(5(9)10)1-2-4(7)8/h2-5,13H,6-8H2,1H3;1-2H2,(H,7,8)(H,9,10). The summed E-state index contributed by atoms with van der Waals surface area (Å²) in [6.07, 6.45) is 0.217. The molecule has 1 atom stereocenters. The van der Waals surface area contributed by atoms with Gasteiger partial charge in [0.05, 0.1) is 11.3 Å². The molecule has 2 rings (SSSR count). The molecule has 7 heteroatoms. The second-order valence-corrected chi connectivity index (χ2v) is 6.24. The molecule has 0 radical (unpaired) electrons. The molecular formula is C16H20ClNO5. The molecule has 126 valence electrons. The van der Waals surface area contributed by atoms with Crippen LogP contribution in [-0.4, -0.2) is 41.0 Å². The number of carbonyl (C=O) groups is 3. The molecule has 0 saturated heterocycles. The van der Waals surface area contributed by atoms with Crippen molar-refractivity contribution in [1.82, 2.24) is 5.32 Å². The van der Waals surface area contributed by atoms with Crippen LogP contribution in [0.2, 0.25) is 0 Å². The summed E-state index contributed by atoms with van der Waals surface area (Å²) in [5, 5.41) is 19.3. The van der Waals surface area contributed by atoms with Gasteiger partial charge in [-0.05, 0) is 31.0 Å². The van der Waals surface area contributed by atoms with Gasteiger partial charge < -0.3 is 15.5 Å². The SMILES string of the molecule is CC1(Cl)CNCCc2ccccc21.O=C(O)CCC(=O)C(=O)O. The van der Waals surface area contributed by atoms with Crippen LogP contribution in [0.5, 0.6) is 0 Å². The molecule has 0 amide bonds. The molecule has 0 saturated carbocycles. The van der Waals surface area contributed by atoms with E-state index in [1.54, 1.807) is 0 Å². The van der Waals surface area contributed by atoms with E-state index >= 15 is 0 Å². The lowest BCUT2D eigenvalue weighted by Gasteiger charge is -2.22. The average molecular weight is 342 g/mol. The number of ketones is 1. The van der Waals surface area contributed by atoms with Gasteiger partial charge in [0.1, 0.15) is 0 Å². The number of fused-ring (bicyclic) bond motifs is 1. The van der Waals surface area contributed by atoms with Crippen molar-refractivity contribution in [3.8, 4) is 0 Å². The van der Waals surface area contributed by atoms with Crippen molar-refractivity contribution < 1.29 is 24.6 Å². The van der Waals surface area contributed by atoms with Gasteiger partial charge in [0.2, 0.25) is 5.78 Å². The predicted molar refractivity (Wildman–Crippen MR) is 85.7 cm³/mol. The summed E-state index contributed by atoms with van der Waals surface area (Å²) in [6.45, 7) is 3.95. The summed E-state index contributed by atoms with van der Waals surface area (Å²) in [7, 11) is 0. The lowest BCUT2D eigenvalue weighted by Crippen LogP contribution is -2.29. The lowest BCUT2D eigenvalue weighted by molar-refractivity contribution is -0.149. The second-order valence-electron chi connectivity index (χ2n) is 5.40. The Bertz CT molecular complexity index is 586. The van der Waals surface area contributed by atoms with Crippen molar-refractivity contribution in [2.45, 2.75) is 31.1 Å². The number of alkyl halides is 1. The highest BCUT2D eigenvalue weighted by Gasteiger charge is 2.27. The average Bonchev–Trinajstić information content (AvgIpc) is 2.64. The van der Waals surface area contributed by atoms with Crippen LogP contribution < -0.4 is 5.32 Å². The molecule has 1 heterocycles. The monoisotopic (exact) mass is 341 g/mol. The van der Waals surface area contributed by atoms with Crippen LogP contribution >= 0.6 is 11.6 Å². The third-order valence-electron chi connectivity index (χ3n) is 3.41. The van der Waals surface area contributed by atoms with E-state index in [1.165, 1.54) is 11.1 Å². The van der Waals surface area contributed by atoms with Gasteiger partial charge in [-0.1, -0.05) is 24.3 Å². The van der Waals surface area contributed by atoms with Crippen LogP contribution in [0.15, 0.2) is 24.3 Å². The number of hydrogen-bond acceptors (Lipinski definition) is 4. The third kappa shape index (κ3) is 6.38. The van der Waals surface area contributed by atoms with E-state index in [0.717, 1.165) is 19.5 Å². The molecule has 0 spiro atoms. The van der Waals surface area contributed by atoms with Gasteiger partial charge in [-0.3, -0.25) is 9.59 Å². The van der Waals surface area contributed by atoms with Gasteiger partial charge in [0, 0.05) is 13.0 Å². The number of Topliss-reactive ketones (excluding diaryl/α,β-unsaturated/α-hetero) is 1. The maximum Gasteiger partial charge on any atom is 0.372 e. The van der Waals surface area contributed by atoms with E-state index in [-0.39, 0.29) is 4.87 Å². The zero-order valence-corrected chi connectivity index (χ0v) is 13.6. The van der Waals surface area contributed by atoms with E-state index in [2.05, 4.69) is 36.5 Å². The van der Waals surface area contributed by atoms with Crippen molar-refractivity contribution in [2.75, 3.05) is 13.1 Å². The molecule has 0 fully saturated rings. The largest absolute Gasteiger partial charge is 0.481 e. The van der Waals surface area contributed by atoms with Gasteiger partial charge in [0.25, 0.3) is 0 Å². The Hall–Kier alpha value is -1.92. The molecule has 6 nitrogen and oxygen atoms in total. The van der Waals surface area contributed by atoms with Crippen molar-refractivity contribution in [1.29, 1.82) is 0 Å². The lowest BCUT2D eigenvalue weighted by atomic mass is 9.95. The fourth-order valence-corrected chi connectivity index (χ4v) is 2.49. The molecule has 1 aromatic carbocycles. The first kappa shape index (κ1) is 19.1. The minimum atomic E-state index is -1.58. The topological polar surface area (TPSA) is 104 Å². The summed E-state index contributed by atoms with van der Waals surface area (Å²) in [5.41, 5.74) is 2.66. The molecule has 1 aliphatic rings. The fraction of sp³-hybridized carbons (Fsp3) is 0.438. The zero-order valence-electron chi connectivity index (χ0n) is 12.8. The number of rotatable bonds is 4. The molecule has 23 heavy (non-hydrogen) atoms. The van der Waals surface area contributed by atoms with Crippen molar-refractivity contribution in [3.05, 3.63) is 35.4 Å². The quantitative estimate of drug-likeness (QED) is 0.570. The van der Waals surface area contributed by atoms with Gasteiger partial charge in [0.15, 0.2) is 0 Å². The molecular weight excluding hydrogens is 322 g/mol. The normalized spacial score (nSPS) is 19.6. The Kier molecular flexibility index (Phi) is 7.19. The van der Waals surface area contributed by atoms with Crippen LogP contribution in [0.4, 0.5) is 0 Å². The number of carboxylic acid groups (broad SMARTS) is 2. The predicted octanol–water partition coefficient (Wildman–Crippen LogP) is 1.79. The van der Waals surface area contributed by atoms with E-state index in [9.17, 15) is 14.4 Å². The molecule has 1 unspecified atom stereocenters. The first-order valence-corrected chi connectivity index (χ1v) is 7.58. The van der Waals surface area contributed by atoms with Gasteiger partial charge in [-0.15, -0.1) is 11.6 Å². The maximum absolute atomic E-state index is 10.2. The Morgan fingerprint density at radius 2 is 1.87 bits per heavy atom. The summed E-state index contributed by atoms with van der Waals surface area (Å²) in [6, 6.07) is 8.44. The number of benzene rings is 1. The van der Waals surface area contributed by atoms with Gasteiger partial charge >= 0.3 is 11.9 Å². The van der Waals surface area contributed by atoms with Crippen molar-refractivity contribution >= 4 is 29.3 Å². The van der Waals surface area contributed by atoms with Crippen LogP contribution in [0.1, 0.15) is 30.9 Å². The first-order valence-electron chi connectivity index (χ1n) is 7.20. The zero-order chi connectivity index (χ0) is 17.5. The van der Waals surface area contributed by atoms with Crippen LogP contribution in [0, 0.1) is 0 Å². The summed E-state index contributed by atoms with van der Waals surface area (Å²) in [5.74, 6) is -3.82. The molecule has 0 aromatic heterocycles. The van der Waals surface area contributed by atoms with Crippen molar-refractivity contribution in [2.24, 2.45) is 0 Å². The molecule has 0 aliphatic carbocycles. The molecule has 3 N–H and O–H groups in total. The first-order chi connectivity index (χ1) is 10.7. The van der Waals surface area contributed by atoms with E-state index in [0.29, 0.717) is 0 Å². The molecule has 1 aliphatic heterocycles. The Labute approximate surface area is 139 Å². The Morgan fingerprint density at radius 1 is 1.22 bits per heavy atom. The van der Waals surface area contributed by atoms with E-state index < -0.39 is 30.6 Å². The fourth-order valence-electron chi connectivity index (χ4n) is 2.22. The number of carboxylic acids is 2. The smallest absolute Gasteiger partial charge is 0.372 e. The highest BCUT2D eigenvalue weighted by molar-refractivity contribution is 6.32. The molecule has 0 bridgehead atoms. The minimum absolute atomic E-state index is 0.243. The highest BCUT2D eigenvalue weighted by Crippen LogP contribution is 2.32. The third-order valence-corrected chi connectivity index (χ3v) is 3.75. The highest BCUT2D eigenvalue weighted by atomic mass is 35.5. The minimum Gasteiger partial charge on any atom is -0.481 e. The summed E-state index contributed by atoms with van der Waals surface area (Å²) in [4.78, 5) is 29.5. The second kappa shape index (κ2) is 8.64. The van der Waals surface area contributed by atoms with E-state index in [4.69, 9.17) is 21.8 Å². The summed E-state index contributed by atoms with van der Waals surface area (Å²) >= 11 is 6.44. The van der Waals surface area contributed by atoms with Gasteiger partial charge in [-0.25, -0.2) is 4.79 Å². The van der Waals surface area contributed by atoms with Crippen LogP contribution in [-0.2, 0) is 25.7 Å². The van der Waals surface area contributed by atoms with Crippen molar-refractivity contribution in [3.63, 3.8) is 0 Å². The summed E-state index contributed by atoms with van der Waals surface area (Å²) < 4.78 is 0. The molecule has 1 aromatic rings. The van der Waals surface area contributed by atoms with Crippen LogP contribution in [0.3, 0.4) is 0 Å². The number of hydrogen-bond donors (Lipinski definition) is 3. The Balaban J connectivity index is 0.000000241. The van der Waals surface area contributed by atoms with E-state index in [1.807, 2.05) is 0 Å². The maximum atomic E-state index is 10.2.